The van der Waals surface area contributed by atoms with Gasteiger partial charge in [0.1, 0.15) is 0 Å². The van der Waals surface area contributed by atoms with Crippen LogP contribution >= 0.6 is 11.9 Å². The van der Waals surface area contributed by atoms with Gasteiger partial charge in [-0.05, 0) is 43.0 Å². The third-order valence-electron chi connectivity index (χ3n) is 3.15. The molecule has 0 aliphatic carbocycles. The van der Waals surface area contributed by atoms with Crippen LogP contribution in [-0.2, 0) is 4.79 Å². The van der Waals surface area contributed by atoms with Crippen LogP contribution < -0.4 is 10.5 Å². The molecule has 0 radical (unpaired) electrons. The van der Waals surface area contributed by atoms with Crippen LogP contribution in [0, 0.1) is 5.92 Å². The molecule has 1 aromatic carbocycles. The predicted molar refractivity (Wildman–Crippen MR) is 83.0 cm³/mol. The topological polar surface area (TPSA) is 55.1 Å². The number of unbranched alkanes of at least 4 members (excludes halogenated alkanes) is 1. The Morgan fingerprint density at radius 2 is 2.11 bits per heavy atom. The molecule has 0 aliphatic heterocycles. The largest absolute Gasteiger partial charge is 0.326 e. The van der Waals surface area contributed by atoms with Gasteiger partial charge in [0, 0.05) is 16.5 Å². The summed E-state index contributed by atoms with van der Waals surface area (Å²) in [6, 6.07) is 7.65. The average molecular weight is 280 g/mol. The van der Waals surface area contributed by atoms with Crippen molar-refractivity contribution in [1.82, 2.24) is 0 Å². The Labute approximate surface area is 120 Å². The van der Waals surface area contributed by atoms with E-state index in [1.54, 1.807) is 0 Å². The Morgan fingerprint density at radius 3 is 2.74 bits per heavy atom. The average Bonchev–Trinajstić information content (AvgIpc) is 2.43. The first-order chi connectivity index (χ1) is 9.21. The summed E-state index contributed by atoms with van der Waals surface area (Å²) in [7, 11) is 0. The standard InChI is InChI=1S/C15H24N2OS/c1-3-5-8-12(7-4-2)15(18)17-13-9-6-10-14(11-13)19-16/h6,9-12H,3-5,7-8,16H2,1-2H3,(H,17,18). The van der Waals surface area contributed by atoms with Crippen molar-refractivity contribution >= 4 is 23.5 Å². The highest BCUT2D eigenvalue weighted by molar-refractivity contribution is 7.97. The number of hydrogen-bond donors (Lipinski definition) is 2. The van der Waals surface area contributed by atoms with Gasteiger partial charge in [-0.15, -0.1) is 0 Å². The molecule has 19 heavy (non-hydrogen) atoms. The highest BCUT2D eigenvalue weighted by Crippen LogP contribution is 2.20. The van der Waals surface area contributed by atoms with E-state index in [-0.39, 0.29) is 11.8 Å². The number of rotatable bonds is 8. The zero-order valence-electron chi connectivity index (χ0n) is 11.8. The van der Waals surface area contributed by atoms with E-state index >= 15 is 0 Å². The van der Waals surface area contributed by atoms with Crippen molar-refractivity contribution in [3.63, 3.8) is 0 Å². The van der Waals surface area contributed by atoms with Gasteiger partial charge in [0.15, 0.2) is 0 Å². The van der Waals surface area contributed by atoms with Crippen molar-refractivity contribution in [2.45, 2.75) is 50.8 Å². The minimum Gasteiger partial charge on any atom is -0.326 e. The molecule has 1 atom stereocenters. The second-order valence-electron chi connectivity index (χ2n) is 4.76. The molecular formula is C15H24N2OS. The summed E-state index contributed by atoms with van der Waals surface area (Å²) in [6.07, 6.45) is 5.21. The third-order valence-corrected chi connectivity index (χ3v) is 3.68. The van der Waals surface area contributed by atoms with Crippen molar-refractivity contribution < 1.29 is 4.79 Å². The number of benzene rings is 1. The van der Waals surface area contributed by atoms with Crippen molar-refractivity contribution in [3.8, 4) is 0 Å². The van der Waals surface area contributed by atoms with E-state index in [2.05, 4.69) is 19.2 Å². The Balaban J connectivity index is 2.63. The van der Waals surface area contributed by atoms with Gasteiger partial charge in [-0.3, -0.25) is 9.93 Å². The molecule has 0 spiro atoms. The lowest BCUT2D eigenvalue weighted by molar-refractivity contribution is -0.120. The van der Waals surface area contributed by atoms with Gasteiger partial charge in [-0.2, -0.15) is 0 Å². The molecule has 0 aliphatic rings. The van der Waals surface area contributed by atoms with Crippen LogP contribution in [0.15, 0.2) is 29.2 Å². The first-order valence-corrected chi connectivity index (χ1v) is 7.86. The second kappa shape index (κ2) is 8.99. The maximum Gasteiger partial charge on any atom is 0.227 e. The number of hydrogen-bond acceptors (Lipinski definition) is 3. The maximum atomic E-state index is 12.3. The Morgan fingerprint density at radius 1 is 1.32 bits per heavy atom. The molecule has 106 valence electrons. The van der Waals surface area contributed by atoms with Crippen molar-refractivity contribution in [2.75, 3.05) is 5.32 Å². The fourth-order valence-electron chi connectivity index (χ4n) is 2.10. The second-order valence-corrected chi connectivity index (χ2v) is 5.47. The van der Waals surface area contributed by atoms with Crippen LogP contribution in [0.25, 0.3) is 0 Å². The summed E-state index contributed by atoms with van der Waals surface area (Å²) in [5, 5.41) is 8.53. The molecule has 0 heterocycles. The van der Waals surface area contributed by atoms with E-state index in [1.807, 2.05) is 24.3 Å². The Bertz CT molecular complexity index is 395. The summed E-state index contributed by atoms with van der Waals surface area (Å²) < 4.78 is 0. The van der Waals surface area contributed by atoms with Crippen molar-refractivity contribution in [1.29, 1.82) is 0 Å². The van der Waals surface area contributed by atoms with Gasteiger partial charge in [-0.1, -0.05) is 39.2 Å². The van der Waals surface area contributed by atoms with E-state index in [9.17, 15) is 4.79 Å². The molecule has 0 bridgehead atoms. The summed E-state index contributed by atoms with van der Waals surface area (Å²) in [6.45, 7) is 4.28. The number of carbonyl (C=O) groups is 1. The normalized spacial score (nSPS) is 12.2. The maximum absolute atomic E-state index is 12.3. The van der Waals surface area contributed by atoms with Gasteiger partial charge >= 0.3 is 0 Å². The molecule has 1 amide bonds. The number of amides is 1. The first-order valence-electron chi connectivity index (χ1n) is 6.98. The molecule has 0 saturated carbocycles. The SMILES string of the molecule is CCCCC(CCC)C(=O)Nc1cccc(SN)c1. The van der Waals surface area contributed by atoms with Gasteiger partial charge in [-0.25, -0.2) is 0 Å². The molecule has 4 heteroatoms. The predicted octanol–water partition coefficient (Wildman–Crippen LogP) is 4.20. The molecule has 3 N–H and O–H groups in total. The Kier molecular flexibility index (Phi) is 7.60. The van der Waals surface area contributed by atoms with E-state index in [1.165, 1.54) is 11.9 Å². The first kappa shape index (κ1) is 16.1. The van der Waals surface area contributed by atoms with Gasteiger partial charge in [0.05, 0.1) is 0 Å². The van der Waals surface area contributed by atoms with E-state index < -0.39 is 0 Å². The summed E-state index contributed by atoms with van der Waals surface area (Å²) >= 11 is 1.19. The minimum atomic E-state index is 0.124. The molecule has 0 aromatic heterocycles. The van der Waals surface area contributed by atoms with E-state index in [0.29, 0.717) is 0 Å². The molecule has 1 rings (SSSR count). The lowest BCUT2D eigenvalue weighted by Gasteiger charge is -2.16. The highest BCUT2D eigenvalue weighted by Gasteiger charge is 2.17. The molecule has 0 fully saturated rings. The zero-order valence-corrected chi connectivity index (χ0v) is 12.6. The van der Waals surface area contributed by atoms with Crippen LogP contribution in [-0.4, -0.2) is 5.91 Å². The molecular weight excluding hydrogens is 256 g/mol. The van der Waals surface area contributed by atoms with Gasteiger partial charge in [0.2, 0.25) is 5.91 Å². The monoisotopic (exact) mass is 280 g/mol. The van der Waals surface area contributed by atoms with Gasteiger partial charge in [0.25, 0.3) is 0 Å². The number of nitrogens with one attached hydrogen (secondary N) is 1. The fourth-order valence-corrected chi connectivity index (χ4v) is 2.45. The zero-order chi connectivity index (χ0) is 14.1. The van der Waals surface area contributed by atoms with Gasteiger partial charge < -0.3 is 5.32 Å². The summed E-state index contributed by atoms with van der Waals surface area (Å²) in [4.78, 5) is 13.2. The number of nitrogens with two attached hydrogens (primary N) is 1. The summed E-state index contributed by atoms with van der Waals surface area (Å²) in [5.41, 5.74) is 0.832. The fraction of sp³-hybridized carbons (Fsp3) is 0.533. The summed E-state index contributed by atoms with van der Waals surface area (Å²) in [5.74, 6) is 0.258. The number of anilines is 1. The molecule has 0 saturated heterocycles. The molecule has 1 aromatic rings. The lowest BCUT2D eigenvalue weighted by atomic mass is 9.96. The quantitative estimate of drug-likeness (QED) is 0.702. The minimum absolute atomic E-state index is 0.124. The van der Waals surface area contributed by atoms with E-state index in [0.717, 1.165) is 42.7 Å². The Hall–Kier alpha value is -1.00. The van der Waals surface area contributed by atoms with Crippen LogP contribution in [0.5, 0.6) is 0 Å². The highest BCUT2D eigenvalue weighted by atomic mass is 32.2. The molecule has 1 unspecified atom stereocenters. The van der Waals surface area contributed by atoms with E-state index in [4.69, 9.17) is 5.14 Å². The van der Waals surface area contributed by atoms with Crippen LogP contribution in [0.3, 0.4) is 0 Å². The number of carbonyl (C=O) groups excluding carboxylic acids is 1. The van der Waals surface area contributed by atoms with Crippen LogP contribution in [0.4, 0.5) is 5.69 Å². The third kappa shape index (κ3) is 5.66. The smallest absolute Gasteiger partial charge is 0.227 e. The van der Waals surface area contributed by atoms with Crippen molar-refractivity contribution in [2.24, 2.45) is 11.1 Å². The van der Waals surface area contributed by atoms with Crippen LogP contribution in [0.1, 0.15) is 46.0 Å². The van der Waals surface area contributed by atoms with Crippen LogP contribution in [0.2, 0.25) is 0 Å². The molecule has 3 nitrogen and oxygen atoms in total. The lowest BCUT2D eigenvalue weighted by Crippen LogP contribution is -2.22. The van der Waals surface area contributed by atoms with Crippen molar-refractivity contribution in [3.05, 3.63) is 24.3 Å².